The molecule has 2 aromatic rings. The van der Waals surface area contributed by atoms with Crippen LogP contribution in [0.25, 0.3) is 10.2 Å². The maximum absolute atomic E-state index is 13.6. The number of aromatic nitrogens is 2. The van der Waals surface area contributed by atoms with E-state index >= 15 is 0 Å². The summed E-state index contributed by atoms with van der Waals surface area (Å²) in [4.78, 5) is 33.7. The van der Waals surface area contributed by atoms with Gasteiger partial charge in [0.2, 0.25) is 0 Å². The molecule has 1 saturated carbocycles. The molecule has 1 fully saturated rings. The molecule has 3 heterocycles. The van der Waals surface area contributed by atoms with Crippen molar-refractivity contribution in [3.05, 3.63) is 31.3 Å². The van der Waals surface area contributed by atoms with Gasteiger partial charge < -0.3 is 4.90 Å². The number of likely N-dealkylation sites (N-methyl/N-ethyl adjacent to an activating group) is 2. The molecule has 0 bridgehead atoms. The molecular formula is C21H32N4O2S. The van der Waals surface area contributed by atoms with Gasteiger partial charge in [-0.2, -0.15) is 0 Å². The van der Waals surface area contributed by atoms with Crippen molar-refractivity contribution in [2.75, 3.05) is 33.7 Å². The maximum Gasteiger partial charge on any atom is 0.332 e. The normalized spacial score (nSPS) is 18.9. The van der Waals surface area contributed by atoms with Crippen molar-refractivity contribution in [3.63, 3.8) is 0 Å². The second kappa shape index (κ2) is 8.13. The Kier molecular flexibility index (Phi) is 5.76. The van der Waals surface area contributed by atoms with Gasteiger partial charge in [0.25, 0.3) is 5.56 Å². The molecule has 0 aromatic carbocycles. The van der Waals surface area contributed by atoms with Gasteiger partial charge in [0.05, 0.1) is 5.39 Å². The van der Waals surface area contributed by atoms with Crippen molar-refractivity contribution in [2.45, 2.75) is 64.6 Å². The van der Waals surface area contributed by atoms with Gasteiger partial charge in [0.15, 0.2) is 0 Å². The number of hydrogen-bond donors (Lipinski definition) is 0. The Bertz CT molecular complexity index is 965. The molecule has 6 nitrogen and oxygen atoms in total. The minimum absolute atomic E-state index is 0.0320. The average Bonchev–Trinajstić information content (AvgIpc) is 3.07. The lowest BCUT2D eigenvalue weighted by molar-refractivity contribution is 0.272. The van der Waals surface area contributed by atoms with Gasteiger partial charge in [-0.1, -0.05) is 26.2 Å². The number of thiophene rings is 1. The number of hydrogen-bond acceptors (Lipinski definition) is 5. The van der Waals surface area contributed by atoms with Gasteiger partial charge >= 0.3 is 5.69 Å². The lowest BCUT2D eigenvalue weighted by Crippen LogP contribution is -2.43. The maximum atomic E-state index is 13.6. The van der Waals surface area contributed by atoms with Crippen LogP contribution in [0.15, 0.2) is 9.59 Å². The number of rotatable bonds is 5. The van der Waals surface area contributed by atoms with Gasteiger partial charge in [-0.15, -0.1) is 11.3 Å². The van der Waals surface area contributed by atoms with E-state index in [0.29, 0.717) is 6.54 Å². The van der Waals surface area contributed by atoms with Gasteiger partial charge in [0.1, 0.15) is 4.83 Å². The van der Waals surface area contributed by atoms with Gasteiger partial charge in [-0.25, -0.2) is 4.79 Å². The highest BCUT2D eigenvalue weighted by molar-refractivity contribution is 7.18. The SMILES string of the molecule is CCN1CCc2c(sc3c2c(=O)n(C2CCCCC2)c(=O)n3CCN(C)C)C1. The zero-order valence-corrected chi connectivity index (χ0v) is 18.2. The third kappa shape index (κ3) is 3.48. The van der Waals surface area contributed by atoms with Gasteiger partial charge in [0, 0.05) is 37.1 Å². The predicted octanol–water partition coefficient (Wildman–Crippen LogP) is 2.67. The van der Waals surface area contributed by atoms with Crippen molar-refractivity contribution < 1.29 is 0 Å². The van der Waals surface area contributed by atoms with Crippen molar-refractivity contribution in [1.29, 1.82) is 0 Å². The molecule has 154 valence electrons. The fraction of sp³-hybridized carbons (Fsp3) is 0.714. The van der Waals surface area contributed by atoms with Crippen LogP contribution in [0.5, 0.6) is 0 Å². The highest BCUT2D eigenvalue weighted by Crippen LogP contribution is 2.34. The van der Waals surface area contributed by atoms with E-state index in [0.717, 1.165) is 68.5 Å². The van der Waals surface area contributed by atoms with E-state index in [1.54, 1.807) is 15.9 Å². The third-order valence-electron chi connectivity index (χ3n) is 6.39. The molecule has 0 spiro atoms. The molecule has 28 heavy (non-hydrogen) atoms. The summed E-state index contributed by atoms with van der Waals surface area (Å²) in [6, 6.07) is 0.0648. The van der Waals surface area contributed by atoms with E-state index < -0.39 is 0 Å². The van der Waals surface area contributed by atoms with Crippen LogP contribution < -0.4 is 11.2 Å². The molecule has 7 heteroatoms. The Morgan fingerprint density at radius 3 is 2.57 bits per heavy atom. The monoisotopic (exact) mass is 404 g/mol. The molecule has 0 radical (unpaired) electrons. The standard InChI is InChI=1S/C21H32N4O2S/c1-4-23-11-10-16-17(14-23)28-20-18(16)19(26)25(15-8-6-5-7-9-15)21(27)24(20)13-12-22(2)3/h15H,4-14H2,1-3H3. The van der Waals surface area contributed by atoms with Crippen molar-refractivity contribution >= 4 is 21.6 Å². The summed E-state index contributed by atoms with van der Waals surface area (Å²) in [6.07, 6.45) is 6.24. The smallest absolute Gasteiger partial charge is 0.308 e. The molecule has 0 unspecified atom stereocenters. The van der Waals surface area contributed by atoms with Crippen LogP contribution in [-0.4, -0.2) is 52.7 Å². The fourth-order valence-corrected chi connectivity index (χ4v) is 6.11. The van der Waals surface area contributed by atoms with Crippen molar-refractivity contribution in [1.82, 2.24) is 18.9 Å². The molecule has 4 rings (SSSR count). The molecule has 0 N–H and O–H groups in total. The minimum Gasteiger partial charge on any atom is -0.308 e. The Morgan fingerprint density at radius 2 is 1.89 bits per heavy atom. The minimum atomic E-state index is -0.0998. The first-order valence-corrected chi connectivity index (χ1v) is 11.5. The largest absolute Gasteiger partial charge is 0.332 e. The van der Waals surface area contributed by atoms with Crippen LogP contribution in [0.1, 0.15) is 55.5 Å². The predicted molar refractivity (Wildman–Crippen MR) is 116 cm³/mol. The Balaban J connectivity index is 1.92. The van der Waals surface area contributed by atoms with Crippen LogP contribution in [-0.2, 0) is 19.5 Å². The summed E-state index contributed by atoms with van der Waals surface area (Å²) >= 11 is 1.67. The molecule has 2 aromatic heterocycles. The van der Waals surface area contributed by atoms with Crippen LogP contribution in [0.2, 0.25) is 0 Å². The molecule has 0 atom stereocenters. The summed E-state index contributed by atoms with van der Waals surface area (Å²) in [5.74, 6) is 0. The fourth-order valence-electron chi connectivity index (χ4n) is 4.71. The first-order valence-electron chi connectivity index (χ1n) is 10.7. The molecule has 1 aliphatic heterocycles. The summed E-state index contributed by atoms with van der Waals surface area (Å²) in [5.41, 5.74) is 1.07. The number of nitrogens with zero attached hydrogens (tertiary/aromatic N) is 4. The van der Waals surface area contributed by atoms with Crippen molar-refractivity contribution in [2.24, 2.45) is 0 Å². The summed E-state index contributed by atoms with van der Waals surface area (Å²) in [7, 11) is 4.05. The quantitative estimate of drug-likeness (QED) is 0.769. The van der Waals surface area contributed by atoms with Gasteiger partial charge in [-0.3, -0.25) is 18.8 Å². The Morgan fingerprint density at radius 1 is 1.14 bits per heavy atom. The summed E-state index contributed by atoms with van der Waals surface area (Å²) < 4.78 is 3.51. The van der Waals surface area contributed by atoms with Crippen LogP contribution >= 0.6 is 11.3 Å². The molecule has 0 saturated heterocycles. The van der Waals surface area contributed by atoms with E-state index in [2.05, 4.69) is 16.7 Å². The summed E-state index contributed by atoms with van der Waals surface area (Å²) in [6.45, 7) is 6.52. The van der Waals surface area contributed by atoms with E-state index in [4.69, 9.17) is 0 Å². The molecule has 2 aliphatic rings. The van der Waals surface area contributed by atoms with E-state index in [9.17, 15) is 9.59 Å². The zero-order chi connectivity index (χ0) is 19.8. The molecule has 0 amide bonds. The molecule has 1 aliphatic carbocycles. The zero-order valence-electron chi connectivity index (χ0n) is 17.4. The molecular weight excluding hydrogens is 372 g/mol. The average molecular weight is 405 g/mol. The summed E-state index contributed by atoms with van der Waals surface area (Å²) in [5, 5.41) is 0.833. The highest BCUT2D eigenvalue weighted by Gasteiger charge is 2.28. The van der Waals surface area contributed by atoms with E-state index in [1.165, 1.54) is 16.9 Å². The topological polar surface area (TPSA) is 50.5 Å². The third-order valence-corrected chi connectivity index (χ3v) is 7.63. The van der Waals surface area contributed by atoms with Crippen LogP contribution in [0.3, 0.4) is 0 Å². The van der Waals surface area contributed by atoms with E-state index in [1.807, 2.05) is 18.7 Å². The Hall–Kier alpha value is -1.44. The first kappa shape index (κ1) is 19.9. The number of fused-ring (bicyclic) bond motifs is 3. The second-order valence-corrected chi connectivity index (χ2v) is 9.59. The second-order valence-electron chi connectivity index (χ2n) is 8.51. The van der Waals surface area contributed by atoms with Crippen molar-refractivity contribution in [3.8, 4) is 0 Å². The van der Waals surface area contributed by atoms with Crippen LogP contribution in [0, 0.1) is 0 Å². The highest BCUT2D eigenvalue weighted by atomic mass is 32.1. The van der Waals surface area contributed by atoms with Crippen LogP contribution in [0.4, 0.5) is 0 Å². The Labute approximate surface area is 170 Å². The lowest BCUT2D eigenvalue weighted by atomic mass is 9.95. The lowest BCUT2D eigenvalue weighted by Gasteiger charge is -2.26. The van der Waals surface area contributed by atoms with Gasteiger partial charge in [-0.05, 0) is 45.5 Å². The first-order chi connectivity index (χ1) is 13.5. The van der Waals surface area contributed by atoms with E-state index in [-0.39, 0.29) is 17.3 Å².